The highest BCUT2D eigenvalue weighted by Gasteiger charge is 2.13. The first-order valence-corrected chi connectivity index (χ1v) is 9.02. The third-order valence-corrected chi connectivity index (χ3v) is 4.07. The number of aromatic amines is 1. The summed E-state index contributed by atoms with van der Waals surface area (Å²) in [6.45, 7) is 4.25. The molecule has 0 fully saturated rings. The van der Waals surface area contributed by atoms with Crippen LogP contribution in [0.1, 0.15) is 31.5 Å². The van der Waals surface area contributed by atoms with Crippen molar-refractivity contribution in [3.05, 3.63) is 96.2 Å². The Labute approximate surface area is 150 Å². The van der Waals surface area contributed by atoms with Gasteiger partial charge in [0.15, 0.2) is 0 Å². The SMILES string of the molecule is CCC.c1ccc(Cc2[nH]c3ccccc3c2-c2ccccc2)cc1. The molecular weight excluding hydrogens is 302 g/mol. The standard InChI is InChI=1S/C21H17N.C3H8/c1-3-9-16(10-4-1)15-20-21(17-11-5-2-6-12-17)18-13-7-8-14-19(18)22-20;1-3-2/h1-14,22H,15H2;3H2,1-2H3. The van der Waals surface area contributed by atoms with Crippen LogP contribution < -0.4 is 0 Å². The molecule has 0 amide bonds. The number of hydrogen-bond donors (Lipinski definition) is 1. The predicted octanol–water partition coefficient (Wildman–Crippen LogP) is 6.84. The van der Waals surface area contributed by atoms with Gasteiger partial charge in [0.1, 0.15) is 0 Å². The van der Waals surface area contributed by atoms with E-state index in [-0.39, 0.29) is 0 Å². The molecule has 0 aliphatic rings. The molecule has 126 valence electrons. The minimum atomic E-state index is 0.916. The van der Waals surface area contributed by atoms with Crippen LogP contribution in [0.5, 0.6) is 0 Å². The smallest absolute Gasteiger partial charge is 0.0462 e. The number of aromatic nitrogens is 1. The Morgan fingerprint density at radius 2 is 1.24 bits per heavy atom. The zero-order valence-corrected chi connectivity index (χ0v) is 15.0. The van der Waals surface area contributed by atoms with Gasteiger partial charge in [0.25, 0.3) is 0 Å². The lowest BCUT2D eigenvalue weighted by Gasteiger charge is -2.06. The minimum absolute atomic E-state index is 0.916. The Kier molecular flexibility index (Phi) is 5.69. The van der Waals surface area contributed by atoms with E-state index in [1.807, 2.05) is 0 Å². The molecule has 3 aromatic carbocycles. The molecule has 1 aromatic heterocycles. The van der Waals surface area contributed by atoms with Gasteiger partial charge in [-0.3, -0.25) is 0 Å². The maximum atomic E-state index is 3.61. The molecule has 0 bridgehead atoms. The molecule has 4 rings (SSSR count). The van der Waals surface area contributed by atoms with E-state index < -0.39 is 0 Å². The average molecular weight is 327 g/mol. The van der Waals surface area contributed by atoms with Crippen LogP contribution in [0.3, 0.4) is 0 Å². The van der Waals surface area contributed by atoms with E-state index in [9.17, 15) is 0 Å². The highest BCUT2D eigenvalue weighted by Crippen LogP contribution is 2.33. The fourth-order valence-electron chi connectivity index (χ4n) is 3.06. The van der Waals surface area contributed by atoms with E-state index in [0.717, 1.165) is 6.42 Å². The number of hydrogen-bond acceptors (Lipinski definition) is 0. The molecule has 0 aliphatic carbocycles. The second-order valence-corrected chi connectivity index (χ2v) is 6.26. The van der Waals surface area contributed by atoms with E-state index in [0.29, 0.717) is 0 Å². The minimum Gasteiger partial charge on any atom is -0.358 e. The molecule has 0 atom stereocenters. The highest BCUT2D eigenvalue weighted by molar-refractivity contribution is 5.97. The van der Waals surface area contributed by atoms with E-state index in [4.69, 9.17) is 0 Å². The van der Waals surface area contributed by atoms with Gasteiger partial charge in [0, 0.05) is 28.6 Å². The Morgan fingerprint density at radius 1 is 0.680 bits per heavy atom. The average Bonchev–Trinajstić information content (AvgIpc) is 3.02. The van der Waals surface area contributed by atoms with Gasteiger partial charge in [-0.25, -0.2) is 0 Å². The number of nitrogens with one attached hydrogen (secondary N) is 1. The van der Waals surface area contributed by atoms with E-state index in [1.54, 1.807) is 0 Å². The van der Waals surface area contributed by atoms with Crippen LogP contribution in [-0.4, -0.2) is 4.98 Å². The fraction of sp³-hybridized carbons (Fsp3) is 0.167. The van der Waals surface area contributed by atoms with Gasteiger partial charge in [-0.1, -0.05) is 99.1 Å². The summed E-state index contributed by atoms with van der Waals surface area (Å²) in [5.41, 5.74) is 6.39. The predicted molar refractivity (Wildman–Crippen MR) is 109 cm³/mol. The zero-order valence-electron chi connectivity index (χ0n) is 15.0. The number of H-pyrrole nitrogens is 1. The lowest BCUT2D eigenvalue weighted by molar-refractivity contribution is 1.09. The molecule has 0 aliphatic heterocycles. The van der Waals surface area contributed by atoms with Crippen molar-refractivity contribution < 1.29 is 0 Å². The Hall–Kier alpha value is -2.80. The lowest BCUT2D eigenvalue weighted by Crippen LogP contribution is -1.91. The van der Waals surface area contributed by atoms with Gasteiger partial charge in [0.05, 0.1) is 0 Å². The molecule has 0 saturated heterocycles. The second-order valence-electron chi connectivity index (χ2n) is 6.26. The maximum absolute atomic E-state index is 3.61. The Balaban J connectivity index is 0.000000569. The Bertz CT molecular complexity index is 905. The number of para-hydroxylation sites is 1. The van der Waals surface area contributed by atoms with Crippen LogP contribution in [-0.2, 0) is 6.42 Å². The first-order chi connectivity index (χ1) is 12.3. The van der Waals surface area contributed by atoms with Crippen molar-refractivity contribution >= 4 is 10.9 Å². The molecule has 0 unspecified atom stereocenters. The van der Waals surface area contributed by atoms with Gasteiger partial charge >= 0.3 is 0 Å². The van der Waals surface area contributed by atoms with E-state index in [1.165, 1.54) is 39.7 Å². The summed E-state index contributed by atoms with van der Waals surface area (Å²) < 4.78 is 0. The molecule has 1 heteroatoms. The van der Waals surface area contributed by atoms with Gasteiger partial charge < -0.3 is 4.98 Å². The quantitative estimate of drug-likeness (QED) is 0.424. The summed E-state index contributed by atoms with van der Waals surface area (Å²) in [7, 11) is 0. The number of benzene rings is 3. The van der Waals surface area contributed by atoms with Crippen molar-refractivity contribution in [3.63, 3.8) is 0 Å². The van der Waals surface area contributed by atoms with Gasteiger partial charge in [0.2, 0.25) is 0 Å². The third-order valence-electron chi connectivity index (χ3n) is 4.07. The molecule has 1 nitrogen and oxygen atoms in total. The molecule has 1 N–H and O–H groups in total. The maximum Gasteiger partial charge on any atom is 0.0462 e. The van der Waals surface area contributed by atoms with Gasteiger partial charge in [-0.05, 0) is 17.2 Å². The zero-order chi connectivity index (χ0) is 17.5. The first kappa shape index (κ1) is 17.0. The van der Waals surface area contributed by atoms with Crippen molar-refractivity contribution in [3.8, 4) is 11.1 Å². The number of rotatable bonds is 3. The van der Waals surface area contributed by atoms with Crippen LogP contribution in [0.15, 0.2) is 84.9 Å². The summed E-state index contributed by atoms with van der Waals surface area (Å²) >= 11 is 0. The first-order valence-electron chi connectivity index (χ1n) is 9.02. The van der Waals surface area contributed by atoms with Crippen molar-refractivity contribution in [1.29, 1.82) is 0 Å². The number of fused-ring (bicyclic) bond motifs is 1. The van der Waals surface area contributed by atoms with Crippen molar-refractivity contribution in [2.24, 2.45) is 0 Å². The van der Waals surface area contributed by atoms with Gasteiger partial charge in [-0.2, -0.15) is 0 Å². The summed E-state index contributed by atoms with van der Waals surface area (Å²) in [5.74, 6) is 0. The molecule has 4 aromatic rings. The second kappa shape index (κ2) is 8.34. The Morgan fingerprint density at radius 3 is 1.92 bits per heavy atom. The summed E-state index contributed by atoms with van der Waals surface area (Å²) in [6, 6.07) is 29.8. The van der Waals surface area contributed by atoms with Crippen LogP contribution in [0.4, 0.5) is 0 Å². The fourth-order valence-corrected chi connectivity index (χ4v) is 3.06. The normalized spacial score (nSPS) is 10.3. The summed E-state index contributed by atoms with van der Waals surface area (Å²) in [5, 5.41) is 1.29. The topological polar surface area (TPSA) is 15.8 Å². The van der Waals surface area contributed by atoms with Crippen LogP contribution in [0, 0.1) is 0 Å². The van der Waals surface area contributed by atoms with Crippen LogP contribution in [0.25, 0.3) is 22.0 Å². The molecule has 0 spiro atoms. The molecule has 0 saturated carbocycles. The highest BCUT2D eigenvalue weighted by atomic mass is 14.7. The van der Waals surface area contributed by atoms with Crippen LogP contribution in [0.2, 0.25) is 0 Å². The van der Waals surface area contributed by atoms with E-state index >= 15 is 0 Å². The monoisotopic (exact) mass is 327 g/mol. The largest absolute Gasteiger partial charge is 0.358 e. The molecule has 0 radical (unpaired) electrons. The van der Waals surface area contributed by atoms with Gasteiger partial charge in [-0.15, -0.1) is 0 Å². The third kappa shape index (κ3) is 4.00. The van der Waals surface area contributed by atoms with Crippen molar-refractivity contribution in [2.75, 3.05) is 0 Å². The summed E-state index contributed by atoms with van der Waals surface area (Å²) in [6.07, 6.45) is 2.17. The molecular formula is C24H25N. The van der Waals surface area contributed by atoms with Crippen molar-refractivity contribution in [1.82, 2.24) is 4.98 Å². The molecule has 25 heavy (non-hydrogen) atoms. The van der Waals surface area contributed by atoms with E-state index in [2.05, 4.69) is 104 Å². The molecule has 1 heterocycles. The summed E-state index contributed by atoms with van der Waals surface area (Å²) in [4.78, 5) is 3.61. The van der Waals surface area contributed by atoms with Crippen molar-refractivity contribution in [2.45, 2.75) is 26.7 Å². The van der Waals surface area contributed by atoms with Crippen LogP contribution >= 0.6 is 0 Å². The lowest BCUT2D eigenvalue weighted by atomic mass is 9.98.